The number of esters is 2. The van der Waals surface area contributed by atoms with Gasteiger partial charge in [0.1, 0.15) is 0 Å². The summed E-state index contributed by atoms with van der Waals surface area (Å²) >= 11 is 0. The summed E-state index contributed by atoms with van der Waals surface area (Å²) < 4.78 is 9.17. The number of rotatable bonds is 6. The van der Waals surface area contributed by atoms with Crippen LogP contribution in [0.25, 0.3) is 0 Å². The van der Waals surface area contributed by atoms with E-state index in [9.17, 15) is 14.4 Å². The zero-order chi connectivity index (χ0) is 15.0. The summed E-state index contributed by atoms with van der Waals surface area (Å²) in [7, 11) is 2.62. The number of allylic oxidation sites excluding steroid dienone is 5. The highest BCUT2D eigenvalue weighted by Crippen LogP contribution is 2.19. The molecular formula is C15H18O5. The molecule has 0 aliphatic heterocycles. The summed E-state index contributed by atoms with van der Waals surface area (Å²) in [6.45, 7) is 0. The highest BCUT2D eigenvalue weighted by atomic mass is 16.5. The number of hydrogen-bond donors (Lipinski definition) is 0. The van der Waals surface area contributed by atoms with Crippen molar-refractivity contribution in [2.75, 3.05) is 14.2 Å². The van der Waals surface area contributed by atoms with Gasteiger partial charge in [0.05, 0.1) is 14.2 Å². The van der Waals surface area contributed by atoms with Crippen LogP contribution < -0.4 is 0 Å². The Morgan fingerprint density at radius 1 is 1.00 bits per heavy atom. The van der Waals surface area contributed by atoms with E-state index in [1.54, 1.807) is 24.3 Å². The molecule has 0 radical (unpaired) electrons. The SMILES string of the molecule is COC(=O)CCCC(=O)C1=CC=CC=C(C(=O)OC)C1. The van der Waals surface area contributed by atoms with Gasteiger partial charge in [-0.15, -0.1) is 0 Å². The molecule has 0 unspecified atom stereocenters. The number of hydrogen-bond acceptors (Lipinski definition) is 5. The van der Waals surface area contributed by atoms with Crippen molar-refractivity contribution in [3.8, 4) is 0 Å². The van der Waals surface area contributed by atoms with Crippen molar-refractivity contribution >= 4 is 17.7 Å². The van der Waals surface area contributed by atoms with E-state index in [0.717, 1.165) is 0 Å². The van der Waals surface area contributed by atoms with Gasteiger partial charge < -0.3 is 9.47 Å². The number of methoxy groups -OCH3 is 2. The molecule has 0 amide bonds. The average molecular weight is 278 g/mol. The van der Waals surface area contributed by atoms with Gasteiger partial charge in [-0.2, -0.15) is 0 Å². The highest BCUT2D eigenvalue weighted by Gasteiger charge is 2.17. The number of ether oxygens (including phenoxy) is 2. The Hall–Kier alpha value is -2.17. The lowest BCUT2D eigenvalue weighted by atomic mass is 9.99. The second kappa shape index (κ2) is 8.09. The van der Waals surface area contributed by atoms with Crippen LogP contribution in [0.4, 0.5) is 0 Å². The third kappa shape index (κ3) is 4.84. The second-order valence-corrected chi connectivity index (χ2v) is 4.29. The minimum Gasteiger partial charge on any atom is -0.469 e. The number of carbonyl (C=O) groups excluding carboxylic acids is 3. The van der Waals surface area contributed by atoms with E-state index in [-0.39, 0.29) is 31.0 Å². The first kappa shape index (κ1) is 15.9. The molecule has 0 N–H and O–H groups in total. The van der Waals surface area contributed by atoms with Crippen molar-refractivity contribution in [3.63, 3.8) is 0 Å². The van der Waals surface area contributed by atoms with Crippen LogP contribution in [-0.2, 0) is 23.9 Å². The summed E-state index contributed by atoms with van der Waals surface area (Å²) in [5.74, 6) is -0.845. The van der Waals surface area contributed by atoms with Crippen molar-refractivity contribution in [1.29, 1.82) is 0 Å². The smallest absolute Gasteiger partial charge is 0.334 e. The van der Waals surface area contributed by atoms with Gasteiger partial charge in [-0.3, -0.25) is 9.59 Å². The maximum atomic E-state index is 12.0. The summed E-state index contributed by atoms with van der Waals surface area (Å²) in [6.07, 6.45) is 7.88. The fourth-order valence-corrected chi connectivity index (χ4v) is 1.79. The third-order valence-corrected chi connectivity index (χ3v) is 2.90. The van der Waals surface area contributed by atoms with Crippen LogP contribution in [0, 0.1) is 0 Å². The monoisotopic (exact) mass is 278 g/mol. The highest BCUT2D eigenvalue weighted by molar-refractivity contribution is 5.99. The van der Waals surface area contributed by atoms with E-state index in [4.69, 9.17) is 0 Å². The lowest BCUT2D eigenvalue weighted by Crippen LogP contribution is -2.10. The molecule has 1 aliphatic rings. The van der Waals surface area contributed by atoms with Gasteiger partial charge >= 0.3 is 11.9 Å². The molecule has 0 saturated carbocycles. The van der Waals surface area contributed by atoms with Crippen LogP contribution in [0.15, 0.2) is 35.5 Å². The Balaban J connectivity index is 2.58. The molecule has 108 valence electrons. The molecule has 0 atom stereocenters. The van der Waals surface area contributed by atoms with Gasteiger partial charge in [-0.25, -0.2) is 4.79 Å². The summed E-state index contributed by atoms with van der Waals surface area (Å²) in [6, 6.07) is 0. The van der Waals surface area contributed by atoms with Gasteiger partial charge in [0.25, 0.3) is 0 Å². The first-order chi connectivity index (χ1) is 9.58. The predicted molar refractivity (Wildman–Crippen MR) is 72.8 cm³/mol. The molecule has 0 heterocycles. The van der Waals surface area contributed by atoms with Crippen molar-refractivity contribution in [2.24, 2.45) is 0 Å². The van der Waals surface area contributed by atoms with E-state index in [1.165, 1.54) is 14.2 Å². The first-order valence-electron chi connectivity index (χ1n) is 6.33. The van der Waals surface area contributed by atoms with E-state index >= 15 is 0 Å². The molecule has 1 aliphatic carbocycles. The summed E-state index contributed by atoms with van der Waals surface area (Å²) in [5.41, 5.74) is 0.981. The topological polar surface area (TPSA) is 69.7 Å². The Kier molecular flexibility index (Phi) is 6.43. The van der Waals surface area contributed by atoms with Crippen molar-refractivity contribution in [3.05, 3.63) is 35.5 Å². The molecular weight excluding hydrogens is 260 g/mol. The molecule has 0 aromatic rings. The maximum Gasteiger partial charge on any atom is 0.334 e. The molecule has 5 heteroatoms. The van der Waals surface area contributed by atoms with E-state index < -0.39 is 5.97 Å². The Labute approximate surface area is 117 Å². The Morgan fingerprint density at radius 2 is 1.65 bits per heavy atom. The fraction of sp³-hybridized carbons (Fsp3) is 0.400. The van der Waals surface area contributed by atoms with Crippen LogP contribution in [0.1, 0.15) is 25.7 Å². The zero-order valence-corrected chi connectivity index (χ0v) is 11.7. The minimum atomic E-state index is -0.440. The molecule has 5 nitrogen and oxygen atoms in total. The maximum absolute atomic E-state index is 12.0. The normalized spacial score (nSPS) is 13.9. The third-order valence-electron chi connectivity index (χ3n) is 2.90. The van der Waals surface area contributed by atoms with E-state index in [2.05, 4.69) is 9.47 Å². The number of ketones is 1. The fourth-order valence-electron chi connectivity index (χ4n) is 1.79. The Bertz CT molecular complexity index is 482. The van der Waals surface area contributed by atoms with Crippen LogP contribution in [0.2, 0.25) is 0 Å². The van der Waals surface area contributed by atoms with Gasteiger partial charge in [-0.05, 0) is 12.0 Å². The van der Waals surface area contributed by atoms with Gasteiger partial charge in [0.2, 0.25) is 0 Å². The zero-order valence-electron chi connectivity index (χ0n) is 11.7. The van der Waals surface area contributed by atoms with Crippen LogP contribution in [-0.4, -0.2) is 31.9 Å². The molecule has 0 saturated heterocycles. The standard InChI is InChI=1S/C15H18O5/c1-19-14(17)9-5-8-13(16)11-6-3-4-7-12(10-11)15(18)20-2/h3-4,6-7H,5,8-10H2,1-2H3. The lowest BCUT2D eigenvalue weighted by Gasteiger charge is -2.07. The molecule has 0 aromatic heterocycles. The molecule has 0 spiro atoms. The lowest BCUT2D eigenvalue weighted by molar-refractivity contribution is -0.140. The average Bonchev–Trinajstić information content (AvgIpc) is 2.72. The molecule has 0 bridgehead atoms. The van der Waals surface area contributed by atoms with Gasteiger partial charge in [0, 0.05) is 24.8 Å². The summed E-state index contributed by atoms with van der Waals surface area (Å²) in [4.78, 5) is 34.5. The molecule has 20 heavy (non-hydrogen) atoms. The first-order valence-corrected chi connectivity index (χ1v) is 6.33. The van der Waals surface area contributed by atoms with Gasteiger partial charge in [0.15, 0.2) is 5.78 Å². The molecule has 0 aromatic carbocycles. The second-order valence-electron chi connectivity index (χ2n) is 4.29. The van der Waals surface area contributed by atoms with Crippen LogP contribution in [0.5, 0.6) is 0 Å². The largest absolute Gasteiger partial charge is 0.469 e. The predicted octanol–water partition coefficient (Wildman–Crippen LogP) is 1.88. The van der Waals surface area contributed by atoms with Crippen LogP contribution >= 0.6 is 0 Å². The summed E-state index contributed by atoms with van der Waals surface area (Å²) in [5, 5.41) is 0. The Morgan fingerprint density at radius 3 is 2.25 bits per heavy atom. The van der Waals surface area contributed by atoms with E-state index in [1.807, 2.05) is 0 Å². The van der Waals surface area contributed by atoms with Crippen molar-refractivity contribution in [1.82, 2.24) is 0 Å². The molecule has 1 rings (SSSR count). The number of carbonyl (C=O) groups is 3. The quantitative estimate of drug-likeness (QED) is 0.694. The van der Waals surface area contributed by atoms with E-state index in [0.29, 0.717) is 17.6 Å². The van der Waals surface area contributed by atoms with Crippen molar-refractivity contribution in [2.45, 2.75) is 25.7 Å². The minimum absolute atomic E-state index is 0.0738. The van der Waals surface area contributed by atoms with Gasteiger partial charge in [-0.1, -0.05) is 24.3 Å². The van der Waals surface area contributed by atoms with Crippen LogP contribution in [0.3, 0.4) is 0 Å². The van der Waals surface area contributed by atoms with Crippen molar-refractivity contribution < 1.29 is 23.9 Å². The number of Topliss-reactive ketones (excluding diaryl/α,β-unsaturated/α-hetero) is 1. The molecule has 0 fully saturated rings.